The van der Waals surface area contributed by atoms with Gasteiger partial charge in [-0.05, 0) is 43.2 Å². The maximum absolute atomic E-state index is 11.9. The lowest BCUT2D eigenvalue weighted by Gasteiger charge is -2.10. The predicted octanol–water partition coefficient (Wildman–Crippen LogP) is 3.01. The number of thioether (sulfide) groups is 1. The molecule has 3 N–H and O–H groups in total. The maximum Gasteiger partial charge on any atom is 0.234 e. The van der Waals surface area contributed by atoms with Crippen LogP contribution in [0.15, 0.2) is 41.6 Å². The van der Waals surface area contributed by atoms with Gasteiger partial charge in [-0.3, -0.25) is 4.79 Å². The van der Waals surface area contributed by atoms with Crippen LogP contribution >= 0.6 is 11.8 Å². The number of nitrogens with zero attached hydrogens (tertiary/aromatic N) is 1. The number of aryl methyl sites for hydroxylation is 1. The fourth-order valence-corrected chi connectivity index (χ4v) is 2.33. The molecule has 0 aliphatic rings. The highest BCUT2D eigenvalue weighted by molar-refractivity contribution is 7.99. The Hall–Kier alpha value is -2.01. The van der Waals surface area contributed by atoms with Crippen LogP contribution in [0.3, 0.4) is 0 Å². The minimum Gasteiger partial charge on any atom is -0.397 e. The van der Waals surface area contributed by atoms with Gasteiger partial charge in [0.05, 0.1) is 22.7 Å². The molecule has 0 atom stereocenters. The van der Waals surface area contributed by atoms with Crippen molar-refractivity contribution in [2.45, 2.75) is 18.9 Å². The third-order valence-corrected chi connectivity index (χ3v) is 3.93. The van der Waals surface area contributed by atoms with Gasteiger partial charge in [-0.2, -0.15) is 0 Å². The van der Waals surface area contributed by atoms with Gasteiger partial charge in [-0.15, -0.1) is 0 Å². The lowest BCUT2D eigenvalue weighted by molar-refractivity contribution is -0.113. The first-order valence-electron chi connectivity index (χ1n) is 6.26. The van der Waals surface area contributed by atoms with E-state index in [0.717, 1.165) is 21.8 Å². The van der Waals surface area contributed by atoms with Crippen molar-refractivity contribution in [2.24, 2.45) is 0 Å². The number of amides is 1. The largest absolute Gasteiger partial charge is 0.397 e. The fourth-order valence-electron chi connectivity index (χ4n) is 1.69. The Labute approximate surface area is 122 Å². The van der Waals surface area contributed by atoms with Crippen molar-refractivity contribution in [3.63, 3.8) is 0 Å². The van der Waals surface area contributed by atoms with Gasteiger partial charge in [0, 0.05) is 5.69 Å². The molecule has 2 aromatic rings. The molecule has 104 valence electrons. The van der Waals surface area contributed by atoms with Gasteiger partial charge >= 0.3 is 0 Å². The third kappa shape index (κ3) is 3.74. The first-order valence-corrected chi connectivity index (χ1v) is 7.25. The number of hydrogen-bond donors (Lipinski definition) is 2. The number of carbonyl (C=O) groups is 1. The van der Waals surface area contributed by atoms with Crippen LogP contribution in [-0.4, -0.2) is 16.6 Å². The van der Waals surface area contributed by atoms with Crippen molar-refractivity contribution in [1.29, 1.82) is 0 Å². The van der Waals surface area contributed by atoms with Crippen LogP contribution in [0.1, 0.15) is 11.1 Å². The molecule has 0 spiro atoms. The lowest BCUT2D eigenvalue weighted by Crippen LogP contribution is -2.15. The molecule has 1 amide bonds. The van der Waals surface area contributed by atoms with Crippen molar-refractivity contribution >= 4 is 29.0 Å². The van der Waals surface area contributed by atoms with Gasteiger partial charge in [0.15, 0.2) is 0 Å². The molecule has 20 heavy (non-hydrogen) atoms. The molecule has 1 heterocycles. The lowest BCUT2D eigenvalue weighted by atomic mass is 10.1. The summed E-state index contributed by atoms with van der Waals surface area (Å²) in [4.78, 5) is 16.1. The number of aromatic nitrogens is 1. The number of hydrogen-bond acceptors (Lipinski definition) is 4. The average Bonchev–Trinajstić information content (AvgIpc) is 2.43. The van der Waals surface area contributed by atoms with E-state index in [1.54, 1.807) is 12.3 Å². The molecule has 0 aliphatic heterocycles. The van der Waals surface area contributed by atoms with E-state index in [1.807, 2.05) is 38.1 Å². The monoisotopic (exact) mass is 287 g/mol. The van der Waals surface area contributed by atoms with Crippen molar-refractivity contribution in [1.82, 2.24) is 4.98 Å². The molecule has 0 aliphatic carbocycles. The highest BCUT2D eigenvalue weighted by atomic mass is 32.2. The van der Waals surface area contributed by atoms with E-state index in [-0.39, 0.29) is 5.91 Å². The number of anilines is 2. The molecule has 0 unspecified atom stereocenters. The maximum atomic E-state index is 11.9. The van der Waals surface area contributed by atoms with Crippen LogP contribution in [0.25, 0.3) is 0 Å². The molecule has 0 radical (unpaired) electrons. The van der Waals surface area contributed by atoms with E-state index in [4.69, 9.17) is 5.73 Å². The Kier molecular flexibility index (Phi) is 4.63. The second-order valence-corrected chi connectivity index (χ2v) is 5.51. The summed E-state index contributed by atoms with van der Waals surface area (Å²) in [6, 6.07) is 9.46. The quantitative estimate of drug-likeness (QED) is 0.848. The summed E-state index contributed by atoms with van der Waals surface area (Å²) < 4.78 is 0. The van der Waals surface area contributed by atoms with E-state index < -0.39 is 0 Å². The SMILES string of the molecule is Cc1cccc(NC(=O)CSc2ccc(N)cn2)c1C. The summed E-state index contributed by atoms with van der Waals surface area (Å²) in [6.07, 6.45) is 1.59. The highest BCUT2D eigenvalue weighted by Gasteiger charge is 2.07. The normalized spacial score (nSPS) is 10.3. The summed E-state index contributed by atoms with van der Waals surface area (Å²) in [5.74, 6) is 0.284. The standard InChI is InChI=1S/C15H17N3OS/c1-10-4-3-5-13(11(10)2)18-14(19)9-20-15-7-6-12(16)8-17-15/h3-8H,9,16H2,1-2H3,(H,18,19). The van der Waals surface area contributed by atoms with E-state index in [9.17, 15) is 4.79 Å². The number of rotatable bonds is 4. The van der Waals surface area contributed by atoms with Gasteiger partial charge in [0.1, 0.15) is 0 Å². The number of carbonyl (C=O) groups excluding carboxylic acids is 1. The minimum absolute atomic E-state index is 0.0395. The molecule has 4 nitrogen and oxygen atoms in total. The zero-order valence-electron chi connectivity index (χ0n) is 11.5. The number of benzene rings is 1. The number of nitrogens with two attached hydrogens (primary N) is 1. The Morgan fingerprint density at radius 3 is 2.80 bits per heavy atom. The highest BCUT2D eigenvalue weighted by Crippen LogP contribution is 2.20. The van der Waals surface area contributed by atoms with E-state index in [1.165, 1.54) is 11.8 Å². The molecule has 1 aromatic heterocycles. The number of nitrogens with one attached hydrogen (secondary N) is 1. The topological polar surface area (TPSA) is 68.0 Å². The molecule has 0 bridgehead atoms. The van der Waals surface area contributed by atoms with Crippen molar-refractivity contribution < 1.29 is 4.79 Å². The summed E-state index contributed by atoms with van der Waals surface area (Å²) in [5.41, 5.74) is 9.30. The van der Waals surface area contributed by atoms with E-state index in [2.05, 4.69) is 10.3 Å². The van der Waals surface area contributed by atoms with E-state index in [0.29, 0.717) is 11.4 Å². The molecular formula is C15H17N3OS. The number of nitrogen functional groups attached to an aromatic ring is 1. The van der Waals surface area contributed by atoms with Gasteiger partial charge in [-0.1, -0.05) is 23.9 Å². The Morgan fingerprint density at radius 2 is 2.10 bits per heavy atom. The van der Waals surface area contributed by atoms with Crippen LogP contribution in [0.4, 0.5) is 11.4 Å². The van der Waals surface area contributed by atoms with Crippen molar-refractivity contribution in [2.75, 3.05) is 16.8 Å². The first kappa shape index (κ1) is 14.4. The van der Waals surface area contributed by atoms with E-state index >= 15 is 0 Å². The second kappa shape index (κ2) is 6.43. The Bertz CT molecular complexity index is 611. The van der Waals surface area contributed by atoms with Crippen LogP contribution in [-0.2, 0) is 4.79 Å². The molecule has 0 saturated carbocycles. The van der Waals surface area contributed by atoms with Crippen molar-refractivity contribution in [3.05, 3.63) is 47.7 Å². The Balaban J connectivity index is 1.92. The smallest absolute Gasteiger partial charge is 0.234 e. The summed E-state index contributed by atoms with van der Waals surface area (Å²) in [7, 11) is 0. The van der Waals surface area contributed by atoms with Gasteiger partial charge in [-0.25, -0.2) is 4.98 Å². The van der Waals surface area contributed by atoms with Gasteiger partial charge in [0.25, 0.3) is 0 Å². The van der Waals surface area contributed by atoms with Crippen molar-refractivity contribution in [3.8, 4) is 0 Å². The molecule has 5 heteroatoms. The summed E-state index contributed by atoms with van der Waals surface area (Å²) in [5, 5.41) is 3.71. The van der Waals surface area contributed by atoms with Gasteiger partial charge < -0.3 is 11.1 Å². The summed E-state index contributed by atoms with van der Waals surface area (Å²) >= 11 is 1.39. The third-order valence-electron chi connectivity index (χ3n) is 2.99. The molecular weight excluding hydrogens is 270 g/mol. The van der Waals surface area contributed by atoms with Crippen LogP contribution in [0, 0.1) is 13.8 Å². The van der Waals surface area contributed by atoms with Crippen LogP contribution in [0.5, 0.6) is 0 Å². The number of pyridine rings is 1. The van der Waals surface area contributed by atoms with Gasteiger partial charge in [0.2, 0.25) is 5.91 Å². The fraction of sp³-hybridized carbons (Fsp3) is 0.200. The summed E-state index contributed by atoms with van der Waals surface area (Å²) in [6.45, 7) is 4.03. The Morgan fingerprint density at radius 1 is 1.30 bits per heavy atom. The second-order valence-electron chi connectivity index (χ2n) is 4.51. The van der Waals surface area contributed by atoms with Crippen LogP contribution < -0.4 is 11.1 Å². The zero-order valence-corrected chi connectivity index (χ0v) is 12.3. The zero-order chi connectivity index (χ0) is 14.5. The molecule has 0 fully saturated rings. The molecule has 1 aromatic carbocycles. The predicted molar refractivity (Wildman–Crippen MR) is 83.9 cm³/mol. The van der Waals surface area contributed by atoms with Crippen LogP contribution in [0.2, 0.25) is 0 Å². The first-order chi connectivity index (χ1) is 9.56. The minimum atomic E-state index is -0.0395. The molecule has 0 saturated heterocycles. The average molecular weight is 287 g/mol. The molecule has 2 rings (SSSR count).